The van der Waals surface area contributed by atoms with Crippen LogP contribution in [0.15, 0.2) is 18.2 Å². The highest BCUT2D eigenvalue weighted by molar-refractivity contribution is 6.05. The Hall–Kier alpha value is -2.83. The van der Waals surface area contributed by atoms with Crippen LogP contribution >= 0.6 is 0 Å². The number of aromatic nitrogens is 2. The topological polar surface area (TPSA) is 87.3 Å². The summed E-state index contributed by atoms with van der Waals surface area (Å²) in [5.74, 6) is -0.271. The molecule has 0 unspecified atom stereocenters. The van der Waals surface area contributed by atoms with E-state index in [9.17, 15) is 9.59 Å². The van der Waals surface area contributed by atoms with E-state index in [1.165, 1.54) is 0 Å². The van der Waals surface area contributed by atoms with Gasteiger partial charge >= 0.3 is 6.09 Å². The van der Waals surface area contributed by atoms with Crippen molar-refractivity contribution in [2.45, 2.75) is 59.6 Å². The zero-order chi connectivity index (χ0) is 20.5. The standard InChI is InChI=1S/C21H28N4O3/c1-6-14-9-7-8-13(2)17(14)22-19(26)18-15-12-25(11-10-16(15)23-24-18)20(27)28-21(3,4)5/h7-9H,6,10-12H2,1-5H3,(H,22,26)(H,23,24). The van der Waals surface area contributed by atoms with E-state index in [2.05, 4.69) is 22.4 Å². The first kappa shape index (κ1) is 19.9. The Morgan fingerprint density at radius 2 is 2.07 bits per heavy atom. The molecule has 2 aromatic rings. The number of benzene rings is 1. The zero-order valence-corrected chi connectivity index (χ0v) is 17.2. The smallest absolute Gasteiger partial charge is 0.410 e. The molecule has 0 bridgehead atoms. The number of para-hydroxylation sites is 1. The Labute approximate surface area is 165 Å². The quantitative estimate of drug-likeness (QED) is 0.842. The van der Waals surface area contributed by atoms with Crippen molar-refractivity contribution in [3.63, 3.8) is 0 Å². The lowest BCUT2D eigenvalue weighted by Gasteiger charge is -2.30. The van der Waals surface area contributed by atoms with Crippen LogP contribution in [0.3, 0.4) is 0 Å². The summed E-state index contributed by atoms with van der Waals surface area (Å²) in [6, 6.07) is 5.96. The monoisotopic (exact) mass is 384 g/mol. The Morgan fingerprint density at radius 1 is 1.32 bits per heavy atom. The van der Waals surface area contributed by atoms with E-state index < -0.39 is 5.60 Å². The molecule has 2 heterocycles. The normalized spacial score (nSPS) is 13.8. The molecule has 0 spiro atoms. The summed E-state index contributed by atoms with van der Waals surface area (Å²) in [6.07, 6.45) is 1.06. The van der Waals surface area contributed by atoms with Crippen LogP contribution in [0.5, 0.6) is 0 Å². The molecule has 2 amide bonds. The van der Waals surface area contributed by atoms with Gasteiger partial charge in [0.15, 0.2) is 5.69 Å². The molecule has 0 saturated heterocycles. The summed E-state index contributed by atoms with van der Waals surface area (Å²) in [4.78, 5) is 27.0. The molecule has 150 valence electrons. The van der Waals surface area contributed by atoms with Crippen LogP contribution in [0, 0.1) is 6.92 Å². The van der Waals surface area contributed by atoms with Gasteiger partial charge in [0.25, 0.3) is 5.91 Å². The molecular formula is C21H28N4O3. The summed E-state index contributed by atoms with van der Waals surface area (Å²) in [6.45, 7) is 10.4. The fourth-order valence-corrected chi connectivity index (χ4v) is 3.34. The molecule has 0 radical (unpaired) electrons. The SMILES string of the molecule is CCc1cccc(C)c1NC(=O)c1n[nH]c2c1CN(C(=O)OC(C)(C)C)CC2. The van der Waals surface area contributed by atoms with Gasteiger partial charge in [-0.15, -0.1) is 0 Å². The maximum Gasteiger partial charge on any atom is 0.410 e. The van der Waals surface area contributed by atoms with Gasteiger partial charge in [-0.2, -0.15) is 5.10 Å². The first-order valence-electron chi connectivity index (χ1n) is 9.63. The molecule has 1 aliphatic rings. The van der Waals surface area contributed by atoms with Crippen molar-refractivity contribution in [1.29, 1.82) is 0 Å². The van der Waals surface area contributed by atoms with Gasteiger partial charge in [0.1, 0.15) is 5.60 Å². The van der Waals surface area contributed by atoms with E-state index in [0.717, 1.165) is 34.5 Å². The number of hydrogen-bond acceptors (Lipinski definition) is 4. The van der Waals surface area contributed by atoms with E-state index in [0.29, 0.717) is 25.2 Å². The second-order valence-electron chi connectivity index (χ2n) is 8.10. The lowest BCUT2D eigenvalue weighted by atomic mass is 10.0. The third-order valence-electron chi connectivity index (χ3n) is 4.78. The van der Waals surface area contributed by atoms with Crippen molar-refractivity contribution in [2.24, 2.45) is 0 Å². The molecule has 7 heteroatoms. The first-order chi connectivity index (χ1) is 13.2. The van der Waals surface area contributed by atoms with Crippen LogP contribution in [0.25, 0.3) is 0 Å². The van der Waals surface area contributed by atoms with Gasteiger partial charge in [-0.25, -0.2) is 4.79 Å². The zero-order valence-electron chi connectivity index (χ0n) is 17.2. The number of nitrogens with zero attached hydrogens (tertiary/aromatic N) is 2. The number of fused-ring (bicyclic) bond motifs is 1. The average Bonchev–Trinajstić information content (AvgIpc) is 3.05. The minimum atomic E-state index is -0.560. The maximum atomic E-state index is 12.9. The number of nitrogens with one attached hydrogen (secondary N) is 2. The van der Waals surface area contributed by atoms with Gasteiger partial charge in [-0.1, -0.05) is 25.1 Å². The number of rotatable bonds is 3. The van der Waals surface area contributed by atoms with E-state index >= 15 is 0 Å². The van der Waals surface area contributed by atoms with Crippen LogP contribution < -0.4 is 5.32 Å². The van der Waals surface area contributed by atoms with Crippen LogP contribution in [0.4, 0.5) is 10.5 Å². The molecule has 0 aliphatic carbocycles. The molecule has 0 atom stereocenters. The number of carbonyl (C=O) groups is 2. The second-order valence-corrected chi connectivity index (χ2v) is 8.10. The summed E-state index contributed by atoms with van der Waals surface area (Å²) < 4.78 is 5.47. The third-order valence-corrected chi connectivity index (χ3v) is 4.78. The number of anilines is 1. The molecule has 7 nitrogen and oxygen atoms in total. The lowest BCUT2D eigenvalue weighted by Crippen LogP contribution is -2.40. The lowest BCUT2D eigenvalue weighted by molar-refractivity contribution is 0.0222. The molecular weight excluding hydrogens is 356 g/mol. The van der Waals surface area contributed by atoms with Crippen molar-refractivity contribution >= 4 is 17.7 Å². The Bertz CT molecular complexity index is 896. The van der Waals surface area contributed by atoms with Crippen LogP contribution in [-0.4, -0.2) is 39.2 Å². The fraction of sp³-hybridized carbons (Fsp3) is 0.476. The van der Waals surface area contributed by atoms with Crippen LogP contribution in [-0.2, 0) is 24.1 Å². The minimum Gasteiger partial charge on any atom is -0.444 e. The van der Waals surface area contributed by atoms with Crippen molar-refractivity contribution in [3.05, 3.63) is 46.3 Å². The highest BCUT2D eigenvalue weighted by atomic mass is 16.6. The molecule has 0 fully saturated rings. The Kier molecular flexibility index (Phi) is 5.45. The predicted octanol–water partition coefficient (Wildman–Crippen LogP) is 3.83. The summed E-state index contributed by atoms with van der Waals surface area (Å²) in [5.41, 5.74) is 4.32. The van der Waals surface area contributed by atoms with E-state index in [4.69, 9.17) is 4.74 Å². The number of hydrogen-bond donors (Lipinski definition) is 2. The van der Waals surface area contributed by atoms with E-state index in [1.54, 1.807) is 4.90 Å². The van der Waals surface area contributed by atoms with Gasteiger partial charge < -0.3 is 15.0 Å². The largest absolute Gasteiger partial charge is 0.444 e. The van der Waals surface area contributed by atoms with Gasteiger partial charge in [0.2, 0.25) is 0 Å². The number of amides is 2. The van der Waals surface area contributed by atoms with Crippen LogP contribution in [0.1, 0.15) is 60.6 Å². The summed E-state index contributed by atoms with van der Waals surface area (Å²) >= 11 is 0. The Morgan fingerprint density at radius 3 is 2.75 bits per heavy atom. The van der Waals surface area contributed by atoms with Gasteiger partial charge in [-0.05, 0) is 45.2 Å². The highest BCUT2D eigenvalue weighted by Crippen LogP contribution is 2.25. The van der Waals surface area contributed by atoms with Crippen molar-refractivity contribution in [1.82, 2.24) is 15.1 Å². The number of aromatic amines is 1. The molecule has 1 aliphatic heterocycles. The molecule has 2 N–H and O–H groups in total. The van der Waals surface area contributed by atoms with E-state index in [-0.39, 0.29) is 12.0 Å². The molecule has 1 aromatic carbocycles. The summed E-state index contributed by atoms with van der Waals surface area (Å²) in [5, 5.41) is 10.2. The van der Waals surface area contributed by atoms with Crippen LogP contribution in [0.2, 0.25) is 0 Å². The third kappa shape index (κ3) is 4.18. The molecule has 1 aromatic heterocycles. The second kappa shape index (κ2) is 7.66. The van der Waals surface area contributed by atoms with E-state index in [1.807, 2.05) is 45.9 Å². The maximum absolute atomic E-state index is 12.9. The first-order valence-corrected chi connectivity index (χ1v) is 9.63. The van der Waals surface area contributed by atoms with Crippen molar-refractivity contribution in [2.75, 3.05) is 11.9 Å². The predicted molar refractivity (Wildman–Crippen MR) is 107 cm³/mol. The number of aryl methyl sites for hydroxylation is 2. The summed E-state index contributed by atoms with van der Waals surface area (Å²) in [7, 11) is 0. The fourth-order valence-electron chi connectivity index (χ4n) is 3.34. The number of ether oxygens (including phenoxy) is 1. The Balaban J connectivity index is 1.81. The highest BCUT2D eigenvalue weighted by Gasteiger charge is 2.30. The van der Waals surface area contributed by atoms with Crippen molar-refractivity contribution in [3.8, 4) is 0 Å². The van der Waals surface area contributed by atoms with Gasteiger partial charge in [0.05, 0.1) is 6.54 Å². The number of H-pyrrole nitrogens is 1. The average molecular weight is 384 g/mol. The number of carbonyl (C=O) groups excluding carboxylic acids is 2. The molecule has 28 heavy (non-hydrogen) atoms. The minimum absolute atomic E-state index is 0.271. The van der Waals surface area contributed by atoms with Gasteiger partial charge in [-0.3, -0.25) is 9.89 Å². The van der Waals surface area contributed by atoms with Gasteiger partial charge in [0, 0.05) is 29.9 Å². The molecule has 3 rings (SSSR count). The molecule has 0 saturated carbocycles. The van der Waals surface area contributed by atoms with Crippen molar-refractivity contribution < 1.29 is 14.3 Å².